The third-order valence-corrected chi connectivity index (χ3v) is 7.76. The molecule has 37 heavy (non-hydrogen) atoms. The van der Waals surface area contributed by atoms with Crippen LogP contribution in [0.25, 0.3) is 0 Å². The molecule has 2 amide bonds. The van der Waals surface area contributed by atoms with Crippen LogP contribution in [-0.4, -0.2) is 61.0 Å². The number of hydrogen-bond acceptors (Lipinski definition) is 4. The van der Waals surface area contributed by atoms with Crippen LogP contribution in [0, 0.1) is 11.3 Å². The van der Waals surface area contributed by atoms with Crippen LogP contribution in [0.1, 0.15) is 68.8 Å². The van der Waals surface area contributed by atoms with E-state index in [0.29, 0.717) is 37.8 Å². The number of piperidine rings is 1. The standard InChI is InChI=1S/C31H42N2O4/c1-24(2)22-37-28-13-11-27(12-14-28)30(35)33-20-21-36-29-10-5-4-8-26(29)9-6-7-15-31(23-33)16-18-32(19-17-31)25(3)34/h4-5,8,10-14,24H,6-7,9,15-23H2,1-3H3. The second-order valence-corrected chi connectivity index (χ2v) is 11.1. The van der Waals surface area contributed by atoms with E-state index < -0.39 is 0 Å². The molecule has 2 aromatic carbocycles. The van der Waals surface area contributed by atoms with Gasteiger partial charge in [0, 0.05) is 32.1 Å². The predicted molar refractivity (Wildman–Crippen MR) is 146 cm³/mol. The molecule has 0 aromatic heterocycles. The van der Waals surface area contributed by atoms with Crippen molar-refractivity contribution in [3.05, 3.63) is 59.7 Å². The molecule has 2 aliphatic rings. The molecule has 0 saturated carbocycles. The van der Waals surface area contributed by atoms with Crippen molar-refractivity contribution in [2.75, 3.05) is 39.4 Å². The number of likely N-dealkylation sites (tertiary alicyclic amines) is 1. The summed E-state index contributed by atoms with van der Waals surface area (Å²) in [6.45, 7) is 9.73. The zero-order chi connectivity index (χ0) is 26.3. The molecule has 6 nitrogen and oxygen atoms in total. The maximum Gasteiger partial charge on any atom is 0.253 e. The minimum Gasteiger partial charge on any atom is -0.493 e. The van der Waals surface area contributed by atoms with Gasteiger partial charge in [-0.15, -0.1) is 0 Å². The van der Waals surface area contributed by atoms with Crippen LogP contribution in [0.15, 0.2) is 48.5 Å². The number of hydrogen-bond donors (Lipinski definition) is 0. The Balaban J connectivity index is 1.55. The third kappa shape index (κ3) is 7.27. The molecule has 1 saturated heterocycles. The van der Waals surface area contributed by atoms with Gasteiger partial charge in [0.1, 0.15) is 18.1 Å². The summed E-state index contributed by atoms with van der Waals surface area (Å²) in [5.74, 6) is 2.32. The Kier molecular flexibility index (Phi) is 9.12. The molecule has 0 atom stereocenters. The average molecular weight is 507 g/mol. The first kappa shape index (κ1) is 27.0. The van der Waals surface area contributed by atoms with Crippen LogP contribution in [0.3, 0.4) is 0 Å². The number of aryl methyl sites for hydroxylation is 1. The molecule has 2 aromatic rings. The molecule has 0 aliphatic carbocycles. The fourth-order valence-electron chi connectivity index (χ4n) is 5.51. The van der Waals surface area contributed by atoms with Crippen molar-refractivity contribution in [1.29, 1.82) is 0 Å². The van der Waals surface area contributed by atoms with Crippen molar-refractivity contribution in [1.82, 2.24) is 9.80 Å². The van der Waals surface area contributed by atoms with E-state index in [0.717, 1.165) is 63.1 Å². The number of fused-ring (bicyclic) bond motifs is 1. The number of amides is 2. The Morgan fingerprint density at radius 1 is 0.946 bits per heavy atom. The van der Waals surface area contributed by atoms with Crippen molar-refractivity contribution in [2.24, 2.45) is 11.3 Å². The molecule has 0 N–H and O–H groups in total. The van der Waals surface area contributed by atoms with Gasteiger partial charge in [0.25, 0.3) is 5.91 Å². The van der Waals surface area contributed by atoms with E-state index in [2.05, 4.69) is 26.0 Å². The minimum absolute atomic E-state index is 0.0145. The SMILES string of the molecule is CC(=O)N1CCC2(CCCCc3ccccc3OCCN(C(=O)c3ccc(OCC(C)C)cc3)C2)CC1. The Morgan fingerprint density at radius 3 is 2.38 bits per heavy atom. The lowest BCUT2D eigenvalue weighted by atomic mass is 9.73. The van der Waals surface area contributed by atoms with Crippen LogP contribution >= 0.6 is 0 Å². The smallest absolute Gasteiger partial charge is 0.253 e. The third-order valence-electron chi connectivity index (χ3n) is 7.76. The fourth-order valence-corrected chi connectivity index (χ4v) is 5.51. The van der Waals surface area contributed by atoms with Gasteiger partial charge in [-0.2, -0.15) is 0 Å². The minimum atomic E-state index is 0.0145. The number of ether oxygens (including phenoxy) is 2. The zero-order valence-electron chi connectivity index (χ0n) is 22.7. The van der Waals surface area contributed by atoms with Gasteiger partial charge in [-0.05, 0) is 79.3 Å². The Bertz CT molecular complexity index is 1040. The summed E-state index contributed by atoms with van der Waals surface area (Å²) in [5, 5.41) is 0. The van der Waals surface area contributed by atoms with Crippen LogP contribution in [0.5, 0.6) is 11.5 Å². The van der Waals surface area contributed by atoms with E-state index in [4.69, 9.17) is 9.47 Å². The number of carbonyl (C=O) groups is 2. The number of nitrogens with zero attached hydrogens (tertiary/aromatic N) is 2. The van der Waals surface area contributed by atoms with Gasteiger partial charge in [-0.1, -0.05) is 38.5 Å². The van der Waals surface area contributed by atoms with Crippen LogP contribution in [0.2, 0.25) is 0 Å². The lowest BCUT2D eigenvalue weighted by Crippen LogP contribution is -2.49. The Labute approximate surface area is 221 Å². The van der Waals surface area contributed by atoms with Gasteiger partial charge in [0.2, 0.25) is 5.91 Å². The Hall–Kier alpha value is -3.02. The summed E-state index contributed by atoms with van der Waals surface area (Å²) in [7, 11) is 0. The first-order valence-corrected chi connectivity index (χ1v) is 13.8. The molecule has 200 valence electrons. The maximum absolute atomic E-state index is 13.8. The van der Waals surface area contributed by atoms with Crippen molar-refractivity contribution in [2.45, 2.75) is 59.3 Å². The molecule has 0 unspecified atom stereocenters. The van der Waals surface area contributed by atoms with Gasteiger partial charge in [0.05, 0.1) is 13.2 Å². The first-order chi connectivity index (χ1) is 17.8. The van der Waals surface area contributed by atoms with Crippen LogP contribution < -0.4 is 9.47 Å². The summed E-state index contributed by atoms with van der Waals surface area (Å²) >= 11 is 0. The molecular formula is C31H42N2O4. The summed E-state index contributed by atoms with van der Waals surface area (Å²) in [4.78, 5) is 29.7. The van der Waals surface area contributed by atoms with Crippen molar-refractivity contribution in [3.8, 4) is 11.5 Å². The fraction of sp³-hybridized carbons (Fsp3) is 0.548. The molecule has 4 rings (SSSR count). The summed E-state index contributed by atoms with van der Waals surface area (Å²) in [6.07, 6.45) is 6.10. The van der Waals surface area contributed by atoms with Crippen molar-refractivity contribution >= 4 is 11.8 Å². The second kappa shape index (κ2) is 12.5. The van der Waals surface area contributed by atoms with Crippen LogP contribution in [0.4, 0.5) is 0 Å². The van der Waals surface area contributed by atoms with Gasteiger partial charge >= 0.3 is 0 Å². The number of rotatable bonds is 4. The van der Waals surface area contributed by atoms with Crippen molar-refractivity contribution in [3.63, 3.8) is 0 Å². The number of carbonyl (C=O) groups excluding carboxylic acids is 2. The highest BCUT2D eigenvalue weighted by molar-refractivity contribution is 5.94. The molecule has 1 spiro atoms. The Morgan fingerprint density at radius 2 is 1.68 bits per heavy atom. The van der Waals surface area contributed by atoms with Gasteiger partial charge in [0.15, 0.2) is 0 Å². The van der Waals surface area contributed by atoms with E-state index in [9.17, 15) is 9.59 Å². The largest absolute Gasteiger partial charge is 0.493 e. The quantitative estimate of drug-likeness (QED) is 0.542. The highest BCUT2D eigenvalue weighted by Crippen LogP contribution is 2.38. The zero-order valence-corrected chi connectivity index (χ0v) is 22.7. The molecule has 1 fully saturated rings. The lowest BCUT2D eigenvalue weighted by molar-refractivity contribution is -0.131. The molecule has 6 heteroatoms. The van der Waals surface area contributed by atoms with E-state index in [1.165, 1.54) is 5.56 Å². The first-order valence-electron chi connectivity index (χ1n) is 13.8. The van der Waals surface area contributed by atoms with E-state index in [1.807, 2.05) is 46.2 Å². The summed E-state index contributed by atoms with van der Waals surface area (Å²) in [5.41, 5.74) is 1.92. The van der Waals surface area contributed by atoms with E-state index in [1.54, 1.807) is 6.92 Å². The number of para-hydroxylation sites is 1. The van der Waals surface area contributed by atoms with Gasteiger partial charge in [-0.3, -0.25) is 9.59 Å². The monoisotopic (exact) mass is 506 g/mol. The second-order valence-electron chi connectivity index (χ2n) is 11.1. The topological polar surface area (TPSA) is 59.1 Å². The van der Waals surface area contributed by atoms with Gasteiger partial charge in [-0.25, -0.2) is 0 Å². The number of benzene rings is 2. The highest BCUT2D eigenvalue weighted by Gasteiger charge is 2.38. The molecule has 0 radical (unpaired) electrons. The molecular weight excluding hydrogens is 464 g/mol. The van der Waals surface area contributed by atoms with Gasteiger partial charge < -0.3 is 19.3 Å². The lowest BCUT2D eigenvalue weighted by Gasteiger charge is -2.44. The molecule has 2 aliphatic heterocycles. The molecule has 0 bridgehead atoms. The molecule has 2 heterocycles. The van der Waals surface area contributed by atoms with E-state index >= 15 is 0 Å². The maximum atomic E-state index is 13.8. The van der Waals surface area contributed by atoms with E-state index in [-0.39, 0.29) is 17.2 Å². The summed E-state index contributed by atoms with van der Waals surface area (Å²) in [6, 6.07) is 15.8. The predicted octanol–water partition coefficient (Wildman–Crippen LogP) is 5.60. The normalized spacial score (nSPS) is 18.4. The highest BCUT2D eigenvalue weighted by atomic mass is 16.5. The van der Waals surface area contributed by atoms with Crippen molar-refractivity contribution < 1.29 is 19.1 Å². The average Bonchev–Trinajstić information content (AvgIpc) is 2.89. The van der Waals surface area contributed by atoms with Crippen LogP contribution in [-0.2, 0) is 11.2 Å². The summed E-state index contributed by atoms with van der Waals surface area (Å²) < 4.78 is 12.0.